The largest absolute Gasteiger partial charge is 0.313 e. The maximum atomic E-state index is 7.05. The number of halogens is 1. The maximum Gasteiger partial charge on any atom is 0.187 e. The van der Waals surface area contributed by atoms with E-state index in [1.807, 2.05) is 12.1 Å². The van der Waals surface area contributed by atoms with Crippen LogP contribution < -0.4 is 10.6 Å². The number of hydrogen-bond donors (Lipinski definition) is 2. The second kappa shape index (κ2) is 12.9. The van der Waals surface area contributed by atoms with Crippen molar-refractivity contribution < 1.29 is 0 Å². The Morgan fingerprint density at radius 1 is 0.676 bits per heavy atom. The molecule has 4 nitrogen and oxygen atoms in total. The molecule has 2 aromatic rings. The third-order valence-electron chi connectivity index (χ3n) is 7.36. The Labute approximate surface area is 213 Å². The summed E-state index contributed by atoms with van der Waals surface area (Å²) in [6.07, 6.45) is 7.40. The predicted octanol–water partition coefficient (Wildman–Crippen LogP) is 7.59. The van der Waals surface area contributed by atoms with E-state index in [0.29, 0.717) is 23.9 Å². The number of hydrogen-bond acceptors (Lipinski definition) is 2. The van der Waals surface area contributed by atoms with Crippen LogP contribution in [0.1, 0.15) is 82.1 Å². The van der Waals surface area contributed by atoms with Crippen LogP contribution in [-0.4, -0.2) is 25.2 Å². The zero-order chi connectivity index (χ0) is 20.5. The van der Waals surface area contributed by atoms with Gasteiger partial charge in [-0.3, -0.25) is 0 Å². The van der Waals surface area contributed by atoms with Crippen molar-refractivity contribution in [3.8, 4) is 0 Å². The first-order valence-corrected chi connectivity index (χ1v) is 11.2. The molecule has 2 fully saturated rings. The Hall–Kier alpha value is -2.37. The summed E-state index contributed by atoms with van der Waals surface area (Å²) in [6.45, 7) is 16.4. The molecule has 5 heteroatoms. The van der Waals surface area contributed by atoms with Crippen LogP contribution in [0.2, 0.25) is 0 Å². The van der Waals surface area contributed by atoms with Crippen LogP contribution >= 0.6 is 12.4 Å². The lowest BCUT2D eigenvalue weighted by molar-refractivity contribution is 0.372. The van der Waals surface area contributed by atoms with Crippen LogP contribution in [0.3, 0.4) is 0 Å². The van der Waals surface area contributed by atoms with Crippen molar-refractivity contribution in [2.24, 2.45) is 0 Å². The van der Waals surface area contributed by atoms with Gasteiger partial charge in [-0.1, -0.05) is 69.8 Å². The van der Waals surface area contributed by atoms with Gasteiger partial charge in [-0.05, 0) is 74.6 Å². The summed E-state index contributed by atoms with van der Waals surface area (Å²) in [5.41, 5.74) is 7.35. The van der Waals surface area contributed by atoms with Crippen molar-refractivity contribution in [3.63, 3.8) is 0 Å². The molecule has 2 N–H and O–H groups in total. The molecular weight excluding hydrogens is 440 g/mol. The quantitative estimate of drug-likeness (QED) is 0.381. The highest BCUT2D eigenvalue weighted by Crippen LogP contribution is 2.41. The Morgan fingerprint density at radius 3 is 1.47 bits per heavy atom. The molecule has 2 aliphatic heterocycles. The highest BCUT2D eigenvalue weighted by molar-refractivity contribution is 5.85. The minimum absolute atomic E-state index is 0. The number of nitrogens with zero attached hydrogens (tertiary/aromatic N) is 2. The van der Waals surface area contributed by atoms with Gasteiger partial charge in [0.25, 0.3) is 0 Å². The zero-order valence-corrected chi connectivity index (χ0v) is 18.5. The first kappa shape index (κ1) is 29.7. The summed E-state index contributed by atoms with van der Waals surface area (Å²) >= 11 is 0. The van der Waals surface area contributed by atoms with E-state index >= 15 is 0 Å². The molecule has 0 radical (unpaired) electrons. The van der Waals surface area contributed by atoms with Crippen molar-refractivity contribution in [2.75, 3.05) is 13.1 Å². The third-order valence-corrected chi connectivity index (χ3v) is 7.36. The first-order valence-electron chi connectivity index (χ1n) is 11.2. The van der Waals surface area contributed by atoms with E-state index in [9.17, 15) is 0 Å². The van der Waals surface area contributed by atoms with Crippen LogP contribution in [0.25, 0.3) is 9.69 Å². The Balaban J connectivity index is 0.000000304. The average molecular weight is 481 g/mol. The van der Waals surface area contributed by atoms with Crippen LogP contribution in [0.4, 0.5) is 11.4 Å². The maximum absolute atomic E-state index is 7.05. The molecule has 2 aliphatic carbocycles. The van der Waals surface area contributed by atoms with E-state index in [0.717, 1.165) is 37.3 Å². The van der Waals surface area contributed by atoms with Crippen LogP contribution in [0.15, 0.2) is 36.4 Å². The van der Waals surface area contributed by atoms with E-state index < -0.39 is 0 Å². The highest BCUT2D eigenvalue weighted by Gasteiger charge is 2.34. The number of piperidine rings is 2. The van der Waals surface area contributed by atoms with Crippen LogP contribution in [0, 0.1) is 13.1 Å². The Bertz CT molecular complexity index is 952. The molecule has 0 saturated carbocycles. The van der Waals surface area contributed by atoms with Crippen molar-refractivity contribution in [1.29, 1.82) is 0 Å². The Kier molecular flexibility index (Phi) is 11.3. The lowest BCUT2D eigenvalue weighted by Crippen LogP contribution is -2.37. The lowest BCUT2D eigenvalue weighted by Gasteiger charge is -2.27. The fraction of sp³-hybridized carbons (Fsp3) is 0.517. The van der Waals surface area contributed by atoms with E-state index in [4.69, 9.17) is 13.1 Å². The van der Waals surface area contributed by atoms with Crippen LogP contribution in [0.5, 0.6) is 0 Å². The minimum Gasteiger partial charge on any atom is -0.313 e. The molecule has 0 amide bonds. The molecule has 4 atom stereocenters. The molecule has 6 rings (SSSR count). The SMILES string of the molecule is C.C.C.Cl.[C-]#[N+]c1ccc2c(c1)C1CCCNC1C2.[C-]#[N+]c1ccc2c(c1)[C@H]1CCCN[C@H]1C2. The summed E-state index contributed by atoms with van der Waals surface area (Å²) in [4.78, 5) is 7.03. The van der Waals surface area contributed by atoms with Crippen molar-refractivity contribution in [3.05, 3.63) is 81.5 Å². The summed E-state index contributed by atoms with van der Waals surface area (Å²) in [7, 11) is 0. The molecule has 0 spiro atoms. The molecule has 2 aromatic carbocycles. The third kappa shape index (κ3) is 5.64. The monoisotopic (exact) mass is 480 g/mol. The van der Waals surface area contributed by atoms with Gasteiger partial charge in [0.05, 0.1) is 13.1 Å². The van der Waals surface area contributed by atoms with Gasteiger partial charge in [0.1, 0.15) is 0 Å². The van der Waals surface area contributed by atoms with Gasteiger partial charge in [-0.15, -0.1) is 12.4 Å². The standard InChI is InChI=1S/2C13H14N2.3CH4.ClH/c2*1-14-10-5-4-9-7-13-11(12(9)8-10)3-2-6-15-13;;;;/h2*4-5,8,11,13,15H,2-3,6-7H2;3*1H4;1H/t11-,13+;;;;;/m1...../s1. The summed E-state index contributed by atoms with van der Waals surface area (Å²) in [5.74, 6) is 1.32. The number of fused-ring (bicyclic) bond motifs is 6. The first-order chi connectivity index (χ1) is 14.8. The van der Waals surface area contributed by atoms with Crippen molar-refractivity contribution in [2.45, 2.75) is 84.7 Å². The number of rotatable bonds is 0. The lowest BCUT2D eigenvalue weighted by atomic mass is 9.90. The Morgan fingerprint density at radius 2 is 1.09 bits per heavy atom. The normalized spacial score (nSPS) is 24.6. The van der Waals surface area contributed by atoms with E-state index in [-0.39, 0.29) is 34.7 Å². The summed E-state index contributed by atoms with van der Waals surface area (Å²) in [6, 6.07) is 13.6. The molecule has 34 heavy (non-hydrogen) atoms. The summed E-state index contributed by atoms with van der Waals surface area (Å²) < 4.78 is 0. The second-order valence-electron chi connectivity index (χ2n) is 9.02. The predicted molar refractivity (Wildman–Crippen MR) is 148 cm³/mol. The van der Waals surface area contributed by atoms with E-state index in [1.165, 1.54) is 47.9 Å². The van der Waals surface area contributed by atoms with Crippen molar-refractivity contribution >= 4 is 23.8 Å². The van der Waals surface area contributed by atoms with Gasteiger partial charge < -0.3 is 10.6 Å². The van der Waals surface area contributed by atoms with Crippen molar-refractivity contribution in [1.82, 2.24) is 10.6 Å². The number of benzene rings is 2. The van der Waals surface area contributed by atoms with Gasteiger partial charge in [0, 0.05) is 12.1 Å². The molecular formula is C29H41ClN4. The molecule has 2 unspecified atom stereocenters. The molecule has 2 heterocycles. The molecule has 0 aromatic heterocycles. The topological polar surface area (TPSA) is 32.8 Å². The van der Waals surface area contributed by atoms with Crippen LogP contribution in [-0.2, 0) is 12.8 Å². The zero-order valence-electron chi connectivity index (χ0n) is 17.7. The van der Waals surface area contributed by atoms with Gasteiger partial charge in [-0.25, -0.2) is 9.69 Å². The van der Waals surface area contributed by atoms with E-state index in [2.05, 4.69) is 44.6 Å². The fourth-order valence-electron chi connectivity index (χ4n) is 5.92. The van der Waals surface area contributed by atoms with Gasteiger partial charge >= 0.3 is 0 Å². The number of nitrogens with one attached hydrogen (secondary N) is 2. The van der Waals surface area contributed by atoms with E-state index in [1.54, 1.807) is 0 Å². The highest BCUT2D eigenvalue weighted by atomic mass is 35.5. The van der Waals surface area contributed by atoms with Gasteiger partial charge in [-0.2, -0.15) is 0 Å². The fourth-order valence-corrected chi connectivity index (χ4v) is 5.92. The second-order valence-corrected chi connectivity index (χ2v) is 9.02. The smallest absolute Gasteiger partial charge is 0.187 e. The molecule has 2 saturated heterocycles. The minimum atomic E-state index is 0. The molecule has 184 valence electrons. The van der Waals surface area contributed by atoms with Gasteiger partial charge in [0.2, 0.25) is 0 Å². The molecule has 0 bridgehead atoms. The van der Waals surface area contributed by atoms with Gasteiger partial charge in [0.15, 0.2) is 11.4 Å². The molecule has 4 aliphatic rings. The average Bonchev–Trinajstić information content (AvgIpc) is 3.36. The summed E-state index contributed by atoms with van der Waals surface area (Å²) in [5, 5.41) is 7.18.